The summed E-state index contributed by atoms with van der Waals surface area (Å²) in [4.78, 5) is 2.45. The fourth-order valence-electron chi connectivity index (χ4n) is 5.17. The number of hydrogen-bond donors (Lipinski definition) is 0. The summed E-state index contributed by atoms with van der Waals surface area (Å²) in [6.45, 7) is 8.43. The van der Waals surface area contributed by atoms with Crippen molar-refractivity contribution >= 4 is 5.82 Å². The van der Waals surface area contributed by atoms with Crippen molar-refractivity contribution in [2.75, 3.05) is 18.0 Å². The van der Waals surface area contributed by atoms with Crippen molar-refractivity contribution in [2.24, 2.45) is 5.41 Å². The van der Waals surface area contributed by atoms with Crippen LogP contribution >= 0.6 is 0 Å². The molecule has 0 amide bonds. The molecule has 3 aromatic rings. The van der Waals surface area contributed by atoms with Crippen LogP contribution in [0.3, 0.4) is 0 Å². The van der Waals surface area contributed by atoms with Gasteiger partial charge >= 0.3 is 0 Å². The van der Waals surface area contributed by atoms with Crippen molar-refractivity contribution in [3.8, 4) is 23.0 Å². The predicted octanol–water partition coefficient (Wildman–Crippen LogP) is 6.68. The molecule has 5 rings (SSSR count). The summed E-state index contributed by atoms with van der Waals surface area (Å²) in [5, 5.41) is 14.2. The van der Waals surface area contributed by atoms with Crippen LogP contribution in [0.5, 0.6) is 0 Å². The molecule has 0 unspecified atom stereocenters. The Balaban J connectivity index is 0.00000259. The van der Waals surface area contributed by atoms with Crippen molar-refractivity contribution in [1.82, 2.24) is 9.78 Å². The van der Waals surface area contributed by atoms with Crippen molar-refractivity contribution in [3.05, 3.63) is 77.9 Å². The number of rotatable bonds is 3. The van der Waals surface area contributed by atoms with Gasteiger partial charge in [-0.05, 0) is 75.1 Å². The van der Waals surface area contributed by atoms with E-state index in [0.29, 0.717) is 11.0 Å². The number of benzene rings is 2. The molecule has 0 bridgehead atoms. The van der Waals surface area contributed by atoms with Crippen LogP contribution < -0.4 is 4.90 Å². The van der Waals surface area contributed by atoms with Crippen LogP contribution in [0.15, 0.2) is 66.7 Å². The second-order valence-corrected chi connectivity index (χ2v) is 9.56. The number of nitriles is 1. The lowest BCUT2D eigenvalue weighted by atomic mass is 9.67. The first kappa shape index (κ1) is 20.6. The smallest absolute Gasteiger partial charge is 0.151 e. The van der Waals surface area contributed by atoms with Crippen molar-refractivity contribution in [1.29, 1.82) is 5.26 Å². The molecule has 4 heteroatoms. The highest BCUT2D eigenvalue weighted by atomic mass is 15.4. The van der Waals surface area contributed by atoms with E-state index in [9.17, 15) is 0 Å². The number of hydrogen-bond acceptors (Lipinski definition) is 3. The first-order valence-electron chi connectivity index (χ1n) is 11.6. The first-order valence-corrected chi connectivity index (χ1v) is 11.6. The van der Waals surface area contributed by atoms with Crippen LogP contribution in [0.2, 0.25) is 0 Å². The van der Waals surface area contributed by atoms with Gasteiger partial charge in [0, 0.05) is 26.1 Å². The van der Waals surface area contributed by atoms with Crippen LogP contribution in [-0.4, -0.2) is 22.9 Å². The third-order valence-electron chi connectivity index (χ3n) is 7.45. The lowest BCUT2D eigenvalue weighted by Crippen LogP contribution is -2.41. The van der Waals surface area contributed by atoms with Gasteiger partial charge in [0.15, 0.2) is 5.82 Å². The molecule has 1 aliphatic carbocycles. The summed E-state index contributed by atoms with van der Waals surface area (Å²) in [5.41, 5.74) is 7.06. The Morgan fingerprint density at radius 3 is 2.25 bits per heavy atom. The predicted molar refractivity (Wildman–Crippen MR) is 132 cm³/mol. The van der Waals surface area contributed by atoms with E-state index >= 15 is 0 Å². The summed E-state index contributed by atoms with van der Waals surface area (Å²) in [6, 6.07) is 20.7. The number of aryl methyl sites for hydroxylation is 1. The summed E-state index contributed by atoms with van der Waals surface area (Å²) in [6.07, 6.45) is 7.48. The van der Waals surface area contributed by atoms with Crippen molar-refractivity contribution < 1.29 is 1.43 Å². The van der Waals surface area contributed by atoms with E-state index in [4.69, 9.17) is 10.4 Å². The number of allylic oxidation sites excluding steroid dienone is 1. The zero-order chi connectivity index (χ0) is 22.1. The molecule has 4 nitrogen and oxygen atoms in total. The van der Waals surface area contributed by atoms with Gasteiger partial charge in [-0.2, -0.15) is 5.26 Å². The zero-order valence-electron chi connectivity index (χ0n) is 18.8. The highest BCUT2D eigenvalue weighted by molar-refractivity contribution is 5.67. The van der Waals surface area contributed by atoms with Gasteiger partial charge in [-0.1, -0.05) is 42.0 Å². The van der Waals surface area contributed by atoms with Crippen LogP contribution in [0.25, 0.3) is 16.9 Å². The van der Waals surface area contributed by atoms with Gasteiger partial charge in [-0.25, -0.2) is 4.68 Å². The van der Waals surface area contributed by atoms with Crippen LogP contribution in [0, 0.1) is 23.7 Å². The highest BCUT2D eigenvalue weighted by Gasteiger charge is 2.37. The summed E-state index contributed by atoms with van der Waals surface area (Å²) in [5.74, 6) is 1.04. The van der Waals surface area contributed by atoms with E-state index in [0.717, 1.165) is 35.9 Å². The van der Waals surface area contributed by atoms with Crippen LogP contribution in [0.1, 0.15) is 51.1 Å². The van der Waals surface area contributed by atoms with Crippen molar-refractivity contribution in [2.45, 2.75) is 45.4 Å². The molecule has 164 valence electrons. The molecule has 2 heterocycles. The Kier molecular flexibility index (Phi) is 5.35. The standard InChI is InChI=1S/C28H30N4.H2/c1-21-3-7-24(8-4-21)26-19-27(30-32(26)25-9-5-23(20-29)6-10-25)31-17-15-28(16-18-31)13-11-22(2)12-14-28;/h3-10,19H,2,11-18H2,1H3;1H. The Morgan fingerprint density at radius 2 is 1.62 bits per heavy atom. The minimum absolute atomic E-state index is 0. The zero-order valence-corrected chi connectivity index (χ0v) is 18.8. The SMILES string of the molecule is C=C1CCC2(CC1)CCN(c1cc(-c3ccc(C)cc3)n(-c3ccc(C#N)cc3)n1)CC2.[HH]. The third kappa shape index (κ3) is 3.96. The average Bonchev–Trinajstić information content (AvgIpc) is 3.27. The molecule has 1 aromatic heterocycles. The number of aromatic nitrogens is 2. The normalized spacial score (nSPS) is 18.0. The minimum Gasteiger partial charge on any atom is -0.355 e. The van der Waals surface area contributed by atoms with Crippen LogP contribution in [0.4, 0.5) is 5.82 Å². The van der Waals surface area contributed by atoms with E-state index in [1.165, 1.54) is 49.7 Å². The fourth-order valence-corrected chi connectivity index (χ4v) is 5.17. The monoisotopic (exact) mass is 424 g/mol. The molecule has 2 aliphatic rings. The van der Waals surface area contributed by atoms with E-state index in [1.54, 1.807) is 0 Å². The topological polar surface area (TPSA) is 44.9 Å². The number of anilines is 1. The van der Waals surface area contributed by atoms with Gasteiger partial charge in [-0.15, -0.1) is 5.10 Å². The van der Waals surface area contributed by atoms with Gasteiger partial charge in [0.05, 0.1) is 23.0 Å². The van der Waals surface area contributed by atoms with E-state index in [-0.39, 0.29) is 1.43 Å². The Bertz CT molecular complexity index is 1150. The summed E-state index contributed by atoms with van der Waals surface area (Å²) < 4.78 is 2.02. The minimum atomic E-state index is 0. The maximum atomic E-state index is 9.17. The summed E-state index contributed by atoms with van der Waals surface area (Å²) in [7, 11) is 0. The van der Waals surface area contributed by atoms with Gasteiger partial charge in [0.1, 0.15) is 0 Å². The largest absolute Gasteiger partial charge is 0.355 e. The molecule has 1 saturated heterocycles. The maximum absolute atomic E-state index is 9.17. The molecule has 0 atom stereocenters. The average molecular weight is 425 g/mol. The third-order valence-corrected chi connectivity index (χ3v) is 7.45. The van der Waals surface area contributed by atoms with E-state index < -0.39 is 0 Å². The first-order chi connectivity index (χ1) is 15.5. The lowest BCUT2D eigenvalue weighted by molar-refractivity contribution is 0.164. The van der Waals surface area contributed by atoms with E-state index in [2.05, 4.69) is 54.8 Å². The van der Waals surface area contributed by atoms with Crippen molar-refractivity contribution in [3.63, 3.8) is 0 Å². The molecular weight excluding hydrogens is 392 g/mol. The molecule has 32 heavy (non-hydrogen) atoms. The van der Waals surface area contributed by atoms with Gasteiger partial charge in [0.2, 0.25) is 0 Å². The Morgan fingerprint density at radius 1 is 0.969 bits per heavy atom. The quantitative estimate of drug-likeness (QED) is 0.440. The maximum Gasteiger partial charge on any atom is 0.151 e. The lowest BCUT2D eigenvalue weighted by Gasteiger charge is -2.44. The van der Waals surface area contributed by atoms with E-state index in [1.807, 2.05) is 28.9 Å². The van der Waals surface area contributed by atoms with Gasteiger partial charge in [0.25, 0.3) is 0 Å². The molecule has 2 aromatic carbocycles. The molecule has 2 fully saturated rings. The molecule has 1 spiro atoms. The fraction of sp³-hybridized carbons (Fsp3) is 0.357. The Labute approximate surface area is 192 Å². The number of piperidine rings is 1. The summed E-state index contributed by atoms with van der Waals surface area (Å²) >= 11 is 0. The molecule has 0 N–H and O–H groups in total. The molecule has 0 radical (unpaired) electrons. The van der Waals surface area contributed by atoms with Gasteiger partial charge in [-0.3, -0.25) is 0 Å². The van der Waals surface area contributed by atoms with Gasteiger partial charge < -0.3 is 4.90 Å². The van der Waals surface area contributed by atoms with Crippen LogP contribution in [-0.2, 0) is 0 Å². The molecule has 1 aliphatic heterocycles. The second-order valence-electron chi connectivity index (χ2n) is 9.56. The second kappa shape index (κ2) is 8.31. The molecule has 1 saturated carbocycles. The molecular formula is C28H32N4. The Hall–Kier alpha value is -3.32. The highest BCUT2D eigenvalue weighted by Crippen LogP contribution is 2.46. The number of nitrogens with zero attached hydrogens (tertiary/aromatic N) is 4.